The first-order valence-corrected chi connectivity index (χ1v) is 28.0. The Bertz CT molecular complexity index is 2330. The van der Waals surface area contributed by atoms with E-state index < -0.39 is 150 Å². The van der Waals surface area contributed by atoms with Crippen molar-refractivity contribution in [2.75, 3.05) is 34.3 Å². The van der Waals surface area contributed by atoms with Crippen LogP contribution >= 0.6 is 0 Å². The summed E-state index contributed by atoms with van der Waals surface area (Å²) in [6, 6.07) is -2.19. The summed E-state index contributed by atoms with van der Waals surface area (Å²) >= 11 is 0. The van der Waals surface area contributed by atoms with Crippen LogP contribution in [0.25, 0.3) is 0 Å². The lowest BCUT2D eigenvalue weighted by atomic mass is 9.91. The number of ketones is 1. The Kier molecular flexibility index (Phi) is 24.3. The lowest BCUT2D eigenvalue weighted by Crippen LogP contribution is -2.62. The highest BCUT2D eigenvalue weighted by atomic mass is 16.6. The SMILES string of the molecule is CC[C@H](C)[C@H]1NC(=O)C(NC(=O)[C@@H](CC(C)C)N(C)C(=O)[C@@H]2CCCN2C(=O)[C@H](C)O)[C@@H](C)OC(=O)[C@H](Cc2ccc(OC)cc2)N(C)C(=O)C2CCCN2C(=O)[C@H](CC(C)C)NC(=O)[C@@H](C)C(=O)[C@H](C(C)C)OC(=O)C[C@@H]1O. The van der Waals surface area contributed by atoms with Crippen LogP contribution in [0.15, 0.2) is 24.3 Å². The molecule has 4 rings (SSSR count). The second-order valence-electron chi connectivity index (χ2n) is 23.0. The van der Waals surface area contributed by atoms with E-state index in [1.165, 1.54) is 61.6 Å². The molecular formula is C57H89N7O15. The number of esters is 2. The van der Waals surface area contributed by atoms with Crippen molar-refractivity contribution < 1.29 is 72.4 Å². The van der Waals surface area contributed by atoms with Crippen molar-refractivity contribution in [2.45, 2.75) is 201 Å². The highest BCUT2D eigenvalue weighted by Gasteiger charge is 2.46. The van der Waals surface area contributed by atoms with Gasteiger partial charge in [-0.25, -0.2) is 4.79 Å². The number of fused-ring (bicyclic) bond motifs is 1. The number of methoxy groups -OCH3 is 1. The molecule has 0 saturated carbocycles. The Morgan fingerprint density at radius 3 is 2.06 bits per heavy atom. The Morgan fingerprint density at radius 2 is 1.49 bits per heavy atom. The van der Waals surface area contributed by atoms with E-state index >= 15 is 4.79 Å². The first-order valence-electron chi connectivity index (χ1n) is 28.0. The minimum Gasteiger partial charge on any atom is -0.497 e. The first kappa shape index (κ1) is 65.4. The van der Waals surface area contributed by atoms with Gasteiger partial charge in [-0.1, -0.05) is 73.9 Å². The zero-order chi connectivity index (χ0) is 59.3. The van der Waals surface area contributed by atoms with E-state index in [0.717, 1.165) is 0 Å². The molecule has 13 atom stereocenters. The van der Waals surface area contributed by atoms with Gasteiger partial charge in [-0.05, 0) is 101 Å². The molecule has 3 fully saturated rings. The molecule has 1 aromatic carbocycles. The second-order valence-corrected chi connectivity index (χ2v) is 23.0. The smallest absolute Gasteiger partial charge is 0.329 e. The summed E-state index contributed by atoms with van der Waals surface area (Å²) in [6.07, 6.45) is -4.99. The van der Waals surface area contributed by atoms with Crippen LogP contribution in [0.5, 0.6) is 5.75 Å². The van der Waals surface area contributed by atoms with Crippen LogP contribution in [0.1, 0.15) is 133 Å². The Hall–Kier alpha value is -6.16. The van der Waals surface area contributed by atoms with Crippen LogP contribution < -0.4 is 20.7 Å². The number of amides is 7. The summed E-state index contributed by atoms with van der Waals surface area (Å²) in [7, 11) is 4.29. The normalized spacial score (nSPS) is 27.7. The molecule has 0 aromatic heterocycles. The molecular weight excluding hydrogens is 1020 g/mol. The molecule has 0 radical (unpaired) electrons. The van der Waals surface area contributed by atoms with E-state index in [1.807, 2.05) is 27.7 Å². The maximum atomic E-state index is 15.0. The van der Waals surface area contributed by atoms with Gasteiger partial charge in [0.2, 0.25) is 35.4 Å². The third-order valence-electron chi connectivity index (χ3n) is 15.5. The fourth-order valence-electron chi connectivity index (χ4n) is 10.5. The fourth-order valence-corrected chi connectivity index (χ4v) is 10.5. The molecule has 0 aliphatic carbocycles. The average Bonchev–Trinajstić information content (AvgIpc) is 4.13. The summed E-state index contributed by atoms with van der Waals surface area (Å²) in [5, 5.41) is 30.2. The molecule has 22 nitrogen and oxygen atoms in total. The number of likely N-dealkylation sites (tertiary alicyclic amines) is 1. The summed E-state index contributed by atoms with van der Waals surface area (Å²) in [4.78, 5) is 149. The van der Waals surface area contributed by atoms with Crippen LogP contribution in [0, 0.1) is 29.6 Å². The summed E-state index contributed by atoms with van der Waals surface area (Å²) in [5.74, 6) is -10.3. The van der Waals surface area contributed by atoms with Gasteiger partial charge in [0.15, 0.2) is 11.9 Å². The van der Waals surface area contributed by atoms with Crippen LogP contribution in [0.3, 0.4) is 0 Å². The van der Waals surface area contributed by atoms with Crippen LogP contribution in [0.4, 0.5) is 0 Å². The lowest BCUT2D eigenvalue weighted by Gasteiger charge is -2.36. The summed E-state index contributed by atoms with van der Waals surface area (Å²) < 4.78 is 17.2. The molecule has 7 amide bonds. The number of hydrogen-bond donors (Lipinski definition) is 5. The predicted octanol–water partition coefficient (Wildman–Crippen LogP) is 2.32. The van der Waals surface area contributed by atoms with Gasteiger partial charge in [0.1, 0.15) is 54.2 Å². The number of aliphatic hydroxyl groups is 2. The molecule has 3 aliphatic heterocycles. The maximum absolute atomic E-state index is 15.0. The van der Waals surface area contributed by atoms with Gasteiger partial charge >= 0.3 is 11.9 Å². The Morgan fingerprint density at radius 1 is 0.861 bits per heavy atom. The van der Waals surface area contributed by atoms with Crippen LogP contribution in [-0.4, -0.2) is 190 Å². The number of carbonyl (C=O) groups is 10. The fraction of sp³-hybridized carbons (Fsp3) is 0.719. The van der Waals surface area contributed by atoms with Gasteiger partial charge in [-0.15, -0.1) is 0 Å². The van der Waals surface area contributed by atoms with Gasteiger partial charge in [-0.3, -0.25) is 43.2 Å². The standard InChI is InChI=1S/C57H89N7O15/c1-15-33(8)46-44(66)29-45(67)79-49(32(6)7)48(68)34(9)50(69)58-39(26-30(2)3)54(73)64-25-17-19-41(64)56(75)62(13)43(28-37-20-22-38(77-14)23-21-37)57(76)78-36(11)47(52(71)59-46)60-51(70)42(27-31(4)5)61(12)55(74)40-18-16-24-63(40)53(72)35(10)65/h20-23,30-36,39-44,46-47,49,65-66H,15-19,24-29H2,1-14H3,(H,58,69)(H,59,71)(H,60,70)/t33-,34-,35-,36+,39-,40-,41?,42+,43-,44-,46+,47?,49-/m0/s1. The number of hydrogen-bond acceptors (Lipinski definition) is 15. The third-order valence-corrected chi connectivity index (χ3v) is 15.5. The van der Waals surface area contributed by atoms with Gasteiger partial charge in [0.25, 0.3) is 5.91 Å². The zero-order valence-electron chi connectivity index (χ0n) is 48.8. The number of carbonyl (C=O) groups excluding carboxylic acids is 10. The van der Waals surface area contributed by atoms with Crippen molar-refractivity contribution in [2.24, 2.45) is 29.6 Å². The molecule has 2 unspecified atom stereocenters. The van der Waals surface area contributed by atoms with E-state index in [4.69, 9.17) is 14.2 Å². The third kappa shape index (κ3) is 16.9. The molecule has 3 aliphatic rings. The van der Waals surface area contributed by atoms with Gasteiger partial charge in [0.05, 0.1) is 31.6 Å². The number of benzene rings is 1. The van der Waals surface area contributed by atoms with Crippen molar-refractivity contribution in [3.8, 4) is 5.75 Å². The molecule has 79 heavy (non-hydrogen) atoms. The zero-order valence-corrected chi connectivity index (χ0v) is 48.8. The van der Waals surface area contributed by atoms with Crippen molar-refractivity contribution in [3.05, 3.63) is 29.8 Å². The Labute approximate surface area is 465 Å². The number of nitrogens with zero attached hydrogens (tertiary/aromatic N) is 4. The minimum absolute atomic E-state index is 0.0720. The van der Waals surface area contributed by atoms with E-state index in [-0.39, 0.29) is 57.0 Å². The number of Topliss-reactive ketones (excluding diaryl/α,β-unsaturated/α-hetero) is 1. The maximum Gasteiger partial charge on any atom is 0.329 e. The highest BCUT2D eigenvalue weighted by molar-refractivity contribution is 6.05. The lowest BCUT2D eigenvalue weighted by molar-refractivity contribution is -0.163. The molecule has 3 heterocycles. The highest BCUT2D eigenvalue weighted by Crippen LogP contribution is 2.27. The van der Waals surface area contributed by atoms with Gasteiger partial charge < -0.3 is 60.0 Å². The number of ether oxygens (including phenoxy) is 3. The van der Waals surface area contributed by atoms with E-state index in [9.17, 15) is 53.4 Å². The Balaban J connectivity index is 1.89. The quantitative estimate of drug-likeness (QED) is 0.124. The van der Waals surface area contributed by atoms with Crippen molar-refractivity contribution >= 4 is 59.1 Å². The van der Waals surface area contributed by atoms with E-state index in [1.54, 1.807) is 52.0 Å². The van der Waals surface area contributed by atoms with E-state index in [2.05, 4.69) is 16.0 Å². The first-order chi connectivity index (χ1) is 37.0. The van der Waals surface area contributed by atoms with Gasteiger partial charge in [0, 0.05) is 33.6 Å². The molecule has 1 aromatic rings. The van der Waals surface area contributed by atoms with Crippen molar-refractivity contribution in [3.63, 3.8) is 0 Å². The molecule has 442 valence electrons. The largest absolute Gasteiger partial charge is 0.497 e. The minimum atomic E-state index is -1.76. The predicted molar refractivity (Wildman–Crippen MR) is 290 cm³/mol. The number of aliphatic hydroxyl groups excluding tert-OH is 2. The summed E-state index contributed by atoms with van der Waals surface area (Å²) in [5.41, 5.74) is 0.571. The molecule has 0 bridgehead atoms. The molecule has 0 spiro atoms. The number of rotatable bonds is 15. The van der Waals surface area contributed by atoms with Gasteiger partial charge in [-0.2, -0.15) is 0 Å². The number of likely N-dealkylation sites (N-methyl/N-ethyl adjacent to an activating group) is 2. The second kappa shape index (κ2) is 29.3. The number of nitrogens with one attached hydrogen (secondary N) is 3. The molecule has 3 saturated heterocycles. The topological polar surface area (TPSA) is 288 Å². The summed E-state index contributed by atoms with van der Waals surface area (Å²) in [6.45, 7) is 18.4. The van der Waals surface area contributed by atoms with Crippen molar-refractivity contribution in [1.29, 1.82) is 0 Å². The molecule has 22 heteroatoms. The monoisotopic (exact) mass is 1110 g/mol. The van der Waals surface area contributed by atoms with Crippen LogP contribution in [0.2, 0.25) is 0 Å². The molecule has 5 N–H and O–H groups in total. The van der Waals surface area contributed by atoms with Crippen molar-refractivity contribution in [1.82, 2.24) is 35.6 Å². The van der Waals surface area contributed by atoms with Crippen LogP contribution in [-0.2, 0) is 63.8 Å². The average molecular weight is 1110 g/mol. The van der Waals surface area contributed by atoms with E-state index in [0.29, 0.717) is 30.6 Å². The number of cyclic esters (lactones) is 2.